The first-order valence-electron chi connectivity index (χ1n) is 8.75. The van der Waals surface area contributed by atoms with E-state index < -0.39 is 0 Å². The van der Waals surface area contributed by atoms with Gasteiger partial charge in [0.05, 0.1) is 11.6 Å². The van der Waals surface area contributed by atoms with Crippen molar-refractivity contribution in [3.8, 4) is 6.07 Å². The van der Waals surface area contributed by atoms with Gasteiger partial charge < -0.3 is 10.6 Å². The van der Waals surface area contributed by atoms with E-state index in [0.29, 0.717) is 23.7 Å². The van der Waals surface area contributed by atoms with Gasteiger partial charge in [0, 0.05) is 17.2 Å². The number of rotatable bonds is 7. The Balaban J connectivity index is 1.95. The number of hydrogen-bond donors (Lipinski definition) is 2. The van der Waals surface area contributed by atoms with Crippen molar-refractivity contribution in [2.75, 3.05) is 11.9 Å². The van der Waals surface area contributed by atoms with Crippen LogP contribution in [0, 0.1) is 17.2 Å². The number of nitrogens with zero attached hydrogens (tertiary/aromatic N) is 1. The minimum atomic E-state index is -0.0412. The summed E-state index contributed by atoms with van der Waals surface area (Å²) in [4.78, 5) is 12.2. The second-order valence-corrected chi connectivity index (χ2v) is 6.54. The third kappa shape index (κ3) is 5.44. The number of benzene rings is 2. The van der Waals surface area contributed by atoms with Crippen LogP contribution in [0.15, 0.2) is 48.5 Å². The van der Waals surface area contributed by atoms with E-state index in [0.717, 1.165) is 6.42 Å². The van der Waals surface area contributed by atoms with E-state index in [1.165, 1.54) is 11.1 Å². The molecule has 0 spiro atoms. The molecule has 0 unspecified atom stereocenters. The van der Waals surface area contributed by atoms with E-state index in [-0.39, 0.29) is 11.9 Å². The van der Waals surface area contributed by atoms with Crippen LogP contribution in [0.1, 0.15) is 43.5 Å². The van der Waals surface area contributed by atoms with Gasteiger partial charge in [0.25, 0.3) is 5.91 Å². The van der Waals surface area contributed by atoms with Crippen LogP contribution in [0.25, 0.3) is 0 Å². The number of nitrogens with one attached hydrogen (secondary N) is 1. The molecule has 4 heteroatoms. The number of nitrogens with two attached hydrogens (primary N) is 1. The number of nitriles is 1. The van der Waals surface area contributed by atoms with E-state index in [1.54, 1.807) is 24.3 Å². The van der Waals surface area contributed by atoms with Gasteiger partial charge in [-0.15, -0.1) is 0 Å². The van der Waals surface area contributed by atoms with E-state index in [4.69, 9.17) is 5.26 Å². The normalized spacial score (nSPS) is 11.8. The van der Waals surface area contributed by atoms with Crippen molar-refractivity contribution in [2.24, 2.45) is 5.92 Å². The van der Waals surface area contributed by atoms with Crippen LogP contribution >= 0.6 is 0 Å². The Morgan fingerprint density at radius 3 is 2.28 bits per heavy atom. The van der Waals surface area contributed by atoms with E-state index in [9.17, 15) is 4.79 Å². The zero-order valence-corrected chi connectivity index (χ0v) is 15.1. The molecule has 1 amide bonds. The molecular formula is C21H26N3O+. The fourth-order valence-corrected chi connectivity index (χ4v) is 2.84. The Labute approximate surface area is 149 Å². The molecule has 0 heterocycles. The maximum Gasteiger partial charge on any atom is 0.279 e. The number of quaternary nitrogens is 1. The first-order valence-corrected chi connectivity index (χ1v) is 8.75. The van der Waals surface area contributed by atoms with Gasteiger partial charge in [-0.25, -0.2) is 0 Å². The Morgan fingerprint density at radius 1 is 1.12 bits per heavy atom. The lowest BCUT2D eigenvalue weighted by molar-refractivity contribution is -0.692. The fourth-order valence-electron chi connectivity index (χ4n) is 2.84. The molecule has 0 aliphatic carbocycles. The molecular weight excluding hydrogens is 310 g/mol. The Hall–Kier alpha value is -2.64. The molecule has 2 aromatic carbocycles. The third-order valence-electron chi connectivity index (χ3n) is 4.35. The third-order valence-corrected chi connectivity index (χ3v) is 4.35. The Kier molecular flexibility index (Phi) is 6.73. The van der Waals surface area contributed by atoms with Crippen molar-refractivity contribution in [2.45, 2.75) is 33.2 Å². The lowest BCUT2D eigenvalue weighted by Gasteiger charge is -2.19. The molecule has 0 aromatic heterocycles. The monoisotopic (exact) mass is 336 g/mol. The van der Waals surface area contributed by atoms with Crippen molar-refractivity contribution in [1.29, 1.82) is 5.26 Å². The summed E-state index contributed by atoms with van der Waals surface area (Å²) in [5, 5.41) is 13.8. The number of carbonyl (C=O) groups is 1. The van der Waals surface area contributed by atoms with Crippen LogP contribution < -0.4 is 10.6 Å². The standard InChI is InChI=1S/C21H25N3O/c1-4-16-5-9-18(10-6-16)21(15(2)3)23-14-20(25)24-19-11-7-17(13-22)8-12-19/h5-12,15,21,23H,4,14H2,1-3H3,(H,24,25)/p+1/t21-/m1/s1. The Bertz CT molecular complexity index is 727. The molecule has 2 aromatic rings. The predicted octanol–water partition coefficient (Wildman–Crippen LogP) is 3.02. The lowest BCUT2D eigenvalue weighted by atomic mass is 9.95. The van der Waals surface area contributed by atoms with Gasteiger partial charge in [0.15, 0.2) is 6.54 Å². The summed E-state index contributed by atoms with van der Waals surface area (Å²) < 4.78 is 0. The maximum atomic E-state index is 12.2. The van der Waals surface area contributed by atoms with Gasteiger partial charge >= 0.3 is 0 Å². The maximum absolute atomic E-state index is 12.2. The summed E-state index contributed by atoms with van der Waals surface area (Å²) in [6, 6.07) is 17.9. The highest BCUT2D eigenvalue weighted by Crippen LogP contribution is 2.18. The van der Waals surface area contributed by atoms with Crippen LogP contribution in [0.3, 0.4) is 0 Å². The number of aryl methyl sites for hydroxylation is 1. The second-order valence-electron chi connectivity index (χ2n) is 6.54. The zero-order valence-electron chi connectivity index (χ0n) is 15.1. The minimum Gasteiger partial charge on any atom is -0.332 e. The number of anilines is 1. The zero-order chi connectivity index (χ0) is 18.2. The van der Waals surface area contributed by atoms with Crippen molar-refractivity contribution in [3.05, 3.63) is 65.2 Å². The van der Waals surface area contributed by atoms with E-state index in [1.807, 2.05) is 0 Å². The molecule has 0 saturated heterocycles. The summed E-state index contributed by atoms with van der Waals surface area (Å²) in [6.45, 7) is 6.85. The van der Waals surface area contributed by atoms with Crippen molar-refractivity contribution in [3.63, 3.8) is 0 Å². The highest BCUT2D eigenvalue weighted by molar-refractivity contribution is 5.91. The first kappa shape index (κ1) is 18.7. The van der Waals surface area contributed by atoms with Gasteiger partial charge in [-0.2, -0.15) is 5.26 Å². The molecule has 130 valence electrons. The molecule has 0 aliphatic heterocycles. The van der Waals surface area contributed by atoms with Gasteiger partial charge in [0.1, 0.15) is 6.04 Å². The molecule has 2 rings (SSSR count). The summed E-state index contributed by atoms with van der Waals surface area (Å²) in [5.74, 6) is 0.385. The highest BCUT2D eigenvalue weighted by atomic mass is 16.1. The second kappa shape index (κ2) is 9.00. The molecule has 0 bridgehead atoms. The van der Waals surface area contributed by atoms with Crippen LogP contribution in [0.4, 0.5) is 5.69 Å². The van der Waals surface area contributed by atoms with Gasteiger partial charge in [-0.1, -0.05) is 45.0 Å². The number of carbonyl (C=O) groups excluding carboxylic acids is 1. The smallest absolute Gasteiger partial charge is 0.279 e. The summed E-state index contributed by atoms with van der Waals surface area (Å²) >= 11 is 0. The van der Waals surface area contributed by atoms with Crippen LogP contribution in [0.2, 0.25) is 0 Å². The molecule has 1 atom stereocenters. The molecule has 0 radical (unpaired) electrons. The lowest BCUT2D eigenvalue weighted by Crippen LogP contribution is -2.88. The molecule has 3 N–H and O–H groups in total. The first-order chi connectivity index (χ1) is 12.0. The van der Waals surface area contributed by atoms with Gasteiger partial charge in [-0.3, -0.25) is 4.79 Å². The highest BCUT2D eigenvalue weighted by Gasteiger charge is 2.20. The predicted molar refractivity (Wildman–Crippen MR) is 100.0 cm³/mol. The molecule has 0 fully saturated rings. The average molecular weight is 336 g/mol. The van der Waals surface area contributed by atoms with Gasteiger partial charge in [0.2, 0.25) is 0 Å². The van der Waals surface area contributed by atoms with Crippen molar-refractivity contribution < 1.29 is 10.1 Å². The average Bonchev–Trinajstić information content (AvgIpc) is 2.62. The molecule has 4 nitrogen and oxygen atoms in total. The topological polar surface area (TPSA) is 69.5 Å². The largest absolute Gasteiger partial charge is 0.332 e. The minimum absolute atomic E-state index is 0.0412. The van der Waals surface area contributed by atoms with E-state index >= 15 is 0 Å². The summed E-state index contributed by atoms with van der Waals surface area (Å²) in [5.41, 5.74) is 3.87. The Morgan fingerprint density at radius 2 is 1.76 bits per heavy atom. The van der Waals surface area contributed by atoms with E-state index in [2.05, 4.69) is 61.7 Å². The molecule has 0 aliphatic rings. The van der Waals surface area contributed by atoms with Gasteiger partial charge in [-0.05, 0) is 36.2 Å². The SMILES string of the molecule is CCc1ccc([C@H]([NH2+]CC(=O)Nc2ccc(C#N)cc2)C(C)C)cc1. The van der Waals surface area contributed by atoms with Crippen LogP contribution in [0.5, 0.6) is 0 Å². The molecule has 0 saturated carbocycles. The number of hydrogen-bond acceptors (Lipinski definition) is 2. The molecule has 25 heavy (non-hydrogen) atoms. The quantitative estimate of drug-likeness (QED) is 0.816. The van der Waals surface area contributed by atoms with Crippen molar-refractivity contribution in [1.82, 2.24) is 0 Å². The van der Waals surface area contributed by atoms with Crippen LogP contribution in [-0.4, -0.2) is 12.5 Å². The number of amides is 1. The fraction of sp³-hybridized carbons (Fsp3) is 0.333. The summed E-state index contributed by atoms with van der Waals surface area (Å²) in [7, 11) is 0. The summed E-state index contributed by atoms with van der Waals surface area (Å²) in [6.07, 6.45) is 1.03. The van der Waals surface area contributed by atoms with Crippen molar-refractivity contribution >= 4 is 11.6 Å². The van der Waals surface area contributed by atoms with Crippen LogP contribution in [-0.2, 0) is 11.2 Å².